The minimum Gasteiger partial charge on any atom is -0.342 e. The summed E-state index contributed by atoms with van der Waals surface area (Å²) in [7, 11) is 0. The molecule has 0 bridgehead atoms. The van der Waals surface area contributed by atoms with Crippen LogP contribution in [0.2, 0.25) is 0 Å². The Morgan fingerprint density at radius 1 is 1.35 bits per heavy atom. The summed E-state index contributed by atoms with van der Waals surface area (Å²) in [6.07, 6.45) is 1.76. The number of carbonyl (C=O) groups is 2. The summed E-state index contributed by atoms with van der Waals surface area (Å²) < 4.78 is 0. The molecule has 1 aliphatic rings. The van der Waals surface area contributed by atoms with Crippen molar-refractivity contribution < 1.29 is 9.59 Å². The molecular formula is C15H21N3O2. The van der Waals surface area contributed by atoms with E-state index in [1.165, 1.54) is 0 Å². The molecule has 1 aromatic heterocycles. The molecule has 2 rings (SSSR count). The maximum Gasteiger partial charge on any atom is 0.246 e. The molecule has 2 unspecified atom stereocenters. The van der Waals surface area contributed by atoms with Crippen molar-refractivity contribution in [2.45, 2.75) is 46.3 Å². The minimum absolute atomic E-state index is 0.0207. The van der Waals surface area contributed by atoms with Gasteiger partial charge in [0, 0.05) is 18.4 Å². The Bertz CT molecular complexity index is 510. The summed E-state index contributed by atoms with van der Waals surface area (Å²) in [6, 6.07) is 2.98. The van der Waals surface area contributed by atoms with Crippen molar-refractivity contribution in [1.82, 2.24) is 15.2 Å². The maximum atomic E-state index is 12.5. The zero-order valence-corrected chi connectivity index (χ0v) is 12.4. The average Bonchev–Trinajstić information content (AvgIpc) is 2.40. The van der Waals surface area contributed by atoms with Crippen LogP contribution in [-0.4, -0.2) is 33.8 Å². The number of nitrogens with zero attached hydrogens (tertiary/aromatic N) is 2. The first kappa shape index (κ1) is 14.5. The molecule has 5 heteroatoms. The quantitative estimate of drug-likeness (QED) is 0.903. The van der Waals surface area contributed by atoms with Gasteiger partial charge in [-0.2, -0.15) is 0 Å². The average molecular weight is 275 g/mol. The summed E-state index contributed by atoms with van der Waals surface area (Å²) in [5.41, 5.74) is 1.87. The summed E-state index contributed by atoms with van der Waals surface area (Å²) in [4.78, 5) is 30.3. The molecule has 108 valence electrons. The Balaban J connectivity index is 2.20. The van der Waals surface area contributed by atoms with Gasteiger partial charge >= 0.3 is 0 Å². The van der Waals surface area contributed by atoms with Gasteiger partial charge in [-0.1, -0.05) is 19.9 Å². The number of aryl methyl sites for hydroxylation is 1. The monoisotopic (exact) mass is 275 g/mol. The van der Waals surface area contributed by atoms with E-state index in [0.29, 0.717) is 6.54 Å². The lowest BCUT2D eigenvalue weighted by atomic mass is 9.98. The van der Waals surface area contributed by atoms with Crippen LogP contribution in [0.5, 0.6) is 0 Å². The van der Waals surface area contributed by atoms with Crippen LogP contribution >= 0.6 is 0 Å². The van der Waals surface area contributed by atoms with E-state index >= 15 is 0 Å². The second kappa shape index (κ2) is 5.61. The summed E-state index contributed by atoms with van der Waals surface area (Å²) in [5, 5.41) is 2.79. The van der Waals surface area contributed by atoms with Crippen LogP contribution in [0.15, 0.2) is 18.3 Å². The fourth-order valence-corrected chi connectivity index (χ4v) is 2.30. The number of pyridine rings is 1. The van der Waals surface area contributed by atoms with E-state index in [1.54, 1.807) is 18.0 Å². The molecule has 0 aliphatic carbocycles. The van der Waals surface area contributed by atoms with Gasteiger partial charge in [-0.25, -0.2) is 0 Å². The molecule has 1 aromatic rings. The van der Waals surface area contributed by atoms with Crippen LogP contribution in [0.4, 0.5) is 0 Å². The largest absolute Gasteiger partial charge is 0.342 e. The Morgan fingerprint density at radius 3 is 2.60 bits per heavy atom. The van der Waals surface area contributed by atoms with Crippen LogP contribution in [0.25, 0.3) is 0 Å². The highest BCUT2D eigenvalue weighted by Crippen LogP contribution is 2.18. The van der Waals surface area contributed by atoms with Crippen molar-refractivity contribution in [1.29, 1.82) is 0 Å². The molecule has 5 nitrogen and oxygen atoms in total. The molecule has 0 radical (unpaired) electrons. The van der Waals surface area contributed by atoms with E-state index < -0.39 is 12.1 Å². The predicted molar refractivity (Wildman–Crippen MR) is 75.8 cm³/mol. The smallest absolute Gasteiger partial charge is 0.246 e. The van der Waals surface area contributed by atoms with Crippen molar-refractivity contribution in [2.24, 2.45) is 5.92 Å². The van der Waals surface area contributed by atoms with Gasteiger partial charge in [0.2, 0.25) is 11.8 Å². The number of aromatic nitrogens is 1. The van der Waals surface area contributed by atoms with Crippen molar-refractivity contribution >= 4 is 11.8 Å². The highest BCUT2D eigenvalue weighted by atomic mass is 16.2. The lowest BCUT2D eigenvalue weighted by Gasteiger charge is -2.38. The molecule has 2 amide bonds. The highest BCUT2D eigenvalue weighted by Gasteiger charge is 2.39. The summed E-state index contributed by atoms with van der Waals surface area (Å²) >= 11 is 0. The molecular weight excluding hydrogens is 254 g/mol. The molecule has 0 aromatic carbocycles. The fourth-order valence-electron chi connectivity index (χ4n) is 2.30. The number of carbonyl (C=O) groups excluding carboxylic acids is 2. The van der Waals surface area contributed by atoms with Crippen molar-refractivity contribution in [3.05, 3.63) is 29.6 Å². The Hall–Kier alpha value is -1.91. The number of hydrogen-bond donors (Lipinski definition) is 1. The maximum absolute atomic E-state index is 12.5. The first-order valence-electron chi connectivity index (χ1n) is 6.92. The standard InChI is InChI=1S/C15H21N3O2/c1-9(2)13-15(20)18(11(4)14(19)17-13)8-12-6-5-10(3)16-7-12/h5-7,9,11,13H,8H2,1-4H3,(H,17,19). The molecule has 1 fully saturated rings. The lowest BCUT2D eigenvalue weighted by molar-refractivity contribution is -0.150. The second-order valence-electron chi connectivity index (χ2n) is 5.68. The Kier molecular flexibility index (Phi) is 4.06. The van der Waals surface area contributed by atoms with Crippen molar-refractivity contribution in [3.8, 4) is 0 Å². The van der Waals surface area contributed by atoms with Gasteiger partial charge in [0.05, 0.1) is 0 Å². The normalized spacial score (nSPS) is 23.1. The van der Waals surface area contributed by atoms with E-state index in [0.717, 1.165) is 11.3 Å². The van der Waals surface area contributed by atoms with Gasteiger partial charge in [-0.15, -0.1) is 0 Å². The Labute approximate surface area is 119 Å². The van der Waals surface area contributed by atoms with E-state index in [1.807, 2.05) is 32.9 Å². The minimum atomic E-state index is -0.446. The van der Waals surface area contributed by atoms with Crippen LogP contribution in [0.3, 0.4) is 0 Å². The molecule has 1 aliphatic heterocycles. The van der Waals surface area contributed by atoms with Crippen molar-refractivity contribution in [3.63, 3.8) is 0 Å². The molecule has 20 heavy (non-hydrogen) atoms. The van der Waals surface area contributed by atoms with Gasteiger partial charge < -0.3 is 10.2 Å². The first-order chi connectivity index (χ1) is 9.40. The zero-order chi connectivity index (χ0) is 14.9. The van der Waals surface area contributed by atoms with E-state index in [2.05, 4.69) is 10.3 Å². The topological polar surface area (TPSA) is 62.3 Å². The van der Waals surface area contributed by atoms with Crippen molar-refractivity contribution in [2.75, 3.05) is 0 Å². The predicted octanol–water partition coefficient (Wildman–Crippen LogP) is 1.26. The van der Waals surface area contributed by atoms with Gasteiger partial charge in [0.25, 0.3) is 0 Å². The first-order valence-corrected chi connectivity index (χ1v) is 6.92. The molecule has 0 spiro atoms. The molecule has 2 atom stereocenters. The van der Waals surface area contributed by atoms with E-state index in [4.69, 9.17) is 0 Å². The number of nitrogens with one attached hydrogen (secondary N) is 1. The zero-order valence-electron chi connectivity index (χ0n) is 12.4. The fraction of sp³-hybridized carbons (Fsp3) is 0.533. The Morgan fingerprint density at radius 2 is 2.05 bits per heavy atom. The van der Waals surface area contributed by atoms with E-state index in [-0.39, 0.29) is 17.7 Å². The van der Waals surface area contributed by atoms with Gasteiger partial charge in [0.15, 0.2) is 0 Å². The molecule has 2 heterocycles. The number of rotatable bonds is 3. The third kappa shape index (κ3) is 2.81. The van der Waals surface area contributed by atoms with E-state index in [9.17, 15) is 9.59 Å². The number of amides is 2. The van der Waals surface area contributed by atoms with Crippen LogP contribution in [0.1, 0.15) is 32.0 Å². The van der Waals surface area contributed by atoms with Gasteiger partial charge in [-0.05, 0) is 31.4 Å². The number of hydrogen-bond acceptors (Lipinski definition) is 3. The van der Waals surface area contributed by atoms with Crippen LogP contribution in [0, 0.1) is 12.8 Å². The third-order valence-corrected chi connectivity index (χ3v) is 3.69. The van der Waals surface area contributed by atoms with Crippen LogP contribution in [-0.2, 0) is 16.1 Å². The molecule has 1 saturated heterocycles. The summed E-state index contributed by atoms with van der Waals surface area (Å²) in [5.74, 6) is -0.0337. The highest BCUT2D eigenvalue weighted by molar-refractivity contribution is 5.96. The summed E-state index contributed by atoms with van der Waals surface area (Å²) in [6.45, 7) is 7.96. The second-order valence-corrected chi connectivity index (χ2v) is 5.68. The van der Waals surface area contributed by atoms with Gasteiger partial charge in [-0.3, -0.25) is 14.6 Å². The third-order valence-electron chi connectivity index (χ3n) is 3.69. The van der Waals surface area contributed by atoms with Gasteiger partial charge in [0.1, 0.15) is 12.1 Å². The molecule has 0 saturated carbocycles. The lowest BCUT2D eigenvalue weighted by Crippen LogP contribution is -2.63. The van der Waals surface area contributed by atoms with Crippen LogP contribution < -0.4 is 5.32 Å². The SMILES string of the molecule is Cc1ccc(CN2C(=O)C(C(C)C)NC(=O)C2C)cn1. The molecule has 1 N–H and O–H groups in total. The number of piperazine rings is 1.